The van der Waals surface area contributed by atoms with Crippen LogP contribution < -0.4 is 5.32 Å². The SMILES string of the molecule is C[C@@H](OC(=O)c1ccccc1F)C(=O)Nc1ccc(Cl)cc1F. The first-order valence-electron chi connectivity index (χ1n) is 6.60. The fourth-order valence-corrected chi connectivity index (χ4v) is 1.89. The van der Waals surface area contributed by atoms with Crippen LogP contribution in [0.1, 0.15) is 17.3 Å². The largest absolute Gasteiger partial charge is 0.449 e. The first-order chi connectivity index (χ1) is 10.9. The van der Waals surface area contributed by atoms with Crippen LogP contribution in [0.2, 0.25) is 5.02 Å². The van der Waals surface area contributed by atoms with E-state index in [-0.39, 0.29) is 16.3 Å². The molecule has 2 aromatic rings. The molecule has 0 saturated carbocycles. The number of anilines is 1. The van der Waals surface area contributed by atoms with Crippen LogP contribution in [-0.2, 0) is 9.53 Å². The normalized spacial score (nSPS) is 11.7. The average molecular weight is 340 g/mol. The molecule has 7 heteroatoms. The fraction of sp³-hybridized carbons (Fsp3) is 0.125. The number of ether oxygens (including phenoxy) is 1. The van der Waals surface area contributed by atoms with Gasteiger partial charge in [0.2, 0.25) is 0 Å². The monoisotopic (exact) mass is 339 g/mol. The van der Waals surface area contributed by atoms with Crippen LogP contribution in [0.15, 0.2) is 42.5 Å². The Morgan fingerprint density at radius 3 is 2.48 bits per heavy atom. The summed E-state index contributed by atoms with van der Waals surface area (Å²) in [6, 6.07) is 8.94. The highest BCUT2D eigenvalue weighted by Crippen LogP contribution is 2.19. The van der Waals surface area contributed by atoms with Crippen molar-refractivity contribution < 1.29 is 23.1 Å². The molecular formula is C16H12ClF2NO3. The van der Waals surface area contributed by atoms with Crippen molar-refractivity contribution in [2.75, 3.05) is 5.32 Å². The smallest absolute Gasteiger partial charge is 0.341 e. The van der Waals surface area contributed by atoms with Gasteiger partial charge in [-0.05, 0) is 37.3 Å². The Labute approximate surface area is 136 Å². The van der Waals surface area contributed by atoms with E-state index in [2.05, 4.69) is 5.32 Å². The van der Waals surface area contributed by atoms with Gasteiger partial charge in [0, 0.05) is 5.02 Å². The zero-order valence-electron chi connectivity index (χ0n) is 12.0. The lowest BCUT2D eigenvalue weighted by Gasteiger charge is -2.14. The summed E-state index contributed by atoms with van der Waals surface area (Å²) in [5.41, 5.74) is -0.391. The van der Waals surface area contributed by atoms with Crippen molar-refractivity contribution in [1.29, 1.82) is 0 Å². The van der Waals surface area contributed by atoms with Crippen LogP contribution >= 0.6 is 11.6 Å². The van der Waals surface area contributed by atoms with Gasteiger partial charge in [0.1, 0.15) is 11.6 Å². The van der Waals surface area contributed by atoms with Crippen molar-refractivity contribution >= 4 is 29.2 Å². The second kappa shape index (κ2) is 7.19. The van der Waals surface area contributed by atoms with E-state index in [0.717, 1.165) is 12.1 Å². The van der Waals surface area contributed by atoms with Crippen molar-refractivity contribution in [1.82, 2.24) is 0 Å². The molecule has 23 heavy (non-hydrogen) atoms. The summed E-state index contributed by atoms with van der Waals surface area (Å²) in [5, 5.41) is 2.45. The van der Waals surface area contributed by atoms with Gasteiger partial charge in [-0.25, -0.2) is 13.6 Å². The van der Waals surface area contributed by atoms with Crippen LogP contribution in [0.3, 0.4) is 0 Å². The molecule has 0 spiro atoms. The van der Waals surface area contributed by atoms with Crippen LogP contribution in [0.5, 0.6) is 0 Å². The highest BCUT2D eigenvalue weighted by molar-refractivity contribution is 6.30. The van der Waals surface area contributed by atoms with E-state index >= 15 is 0 Å². The van der Waals surface area contributed by atoms with Crippen molar-refractivity contribution in [3.63, 3.8) is 0 Å². The van der Waals surface area contributed by atoms with Crippen molar-refractivity contribution in [3.8, 4) is 0 Å². The maximum Gasteiger partial charge on any atom is 0.341 e. The number of hydrogen-bond acceptors (Lipinski definition) is 3. The summed E-state index contributed by atoms with van der Waals surface area (Å²) in [5.74, 6) is -3.22. The molecule has 120 valence electrons. The van der Waals surface area contributed by atoms with Gasteiger partial charge in [0.05, 0.1) is 11.3 Å². The van der Waals surface area contributed by atoms with E-state index in [0.29, 0.717) is 0 Å². The molecule has 0 unspecified atom stereocenters. The number of carbonyl (C=O) groups excluding carboxylic acids is 2. The molecule has 0 aromatic heterocycles. The van der Waals surface area contributed by atoms with E-state index in [1.807, 2.05) is 0 Å². The number of carbonyl (C=O) groups is 2. The number of esters is 1. The lowest BCUT2D eigenvalue weighted by molar-refractivity contribution is -0.123. The Morgan fingerprint density at radius 1 is 1.13 bits per heavy atom. The molecule has 1 N–H and O–H groups in total. The Bertz CT molecular complexity index is 752. The molecule has 2 rings (SSSR count). The van der Waals surface area contributed by atoms with Gasteiger partial charge >= 0.3 is 5.97 Å². The van der Waals surface area contributed by atoms with Gasteiger partial charge in [0.15, 0.2) is 6.10 Å². The summed E-state index contributed by atoms with van der Waals surface area (Å²) < 4.78 is 31.9. The molecule has 4 nitrogen and oxygen atoms in total. The van der Waals surface area contributed by atoms with Gasteiger partial charge in [-0.3, -0.25) is 4.79 Å². The number of benzene rings is 2. The molecular weight excluding hydrogens is 328 g/mol. The number of halogens is 3. The van der Waals surface area contributed by atoms with Crippen molar-refractivity contribution in [2.45, 2.75) is 13.0 Å². The Hall–Kier alpha value is -2.47. The molecule has 0 saturated heterocycles. The lowest BCUT2D eigenvalue weighted by atomic mass is 10.2. The van der Waals surface area contributed by atoms with Gasteiger partial charge in [0.25, 0.3) is 5.91 Å². The molecule has 0 heterocycles. The minimum atomic E-state index is -1.24. The van der Waals surface area contributed by atoms with Crippen LogP contribution in [-0.4, -0.2) is 18.0 Å². The quantitative estimate of drug-likeness (QED) is 0.862. The molecule has 0 bridgehead atoms. The van der Waals surface area contributed by atoms with E-state index in [4.69, 9.17) is 16.3 Å². The Kier molecular flexibility index (Phi) is 5.28. The summed E-state index contributed by atoms with van der Waals surface area (Å²) >= 11 is 5.61. The predicted molar refractivity (Wildman–Crippen MR) is 81.3 cm³/mol. The van der Waals surface area contributed by atoms with E-state index in [1.54, 1.807) is 0 Å². The molecule has 2 aromatic carbocycles. The lowest BCUT2D eigenvalue weighted by Crippen LogP contribution is -2.30. The third-order valence-corrected chi connectivity index (χ3v) is 3.17. The highest BCUT2D eigenvalue weighted by Gasteiger charge is 2.21. The number of rotatable bonds is 4. The van der Waals surface area contributed by atoms with Crippen LogP contribution in [0, 0.1) is 11.6 Å². The third kappa shape index (κ3) is 4.26. The number of nitrogens with one attached hydrogen (secondary N) is 1. The van der Waals surface area contributed by atoms with Gasteiger partial charge in [-0.15, -0.1) is 0 Å². The second-order valence-electron chi connectivity index (χ2n) is 4.64. The molecule has 0 radical (unpaired) electrons. The maximum atomic E-state index is 13.6. The van der Waals surface area contributed by atoms with E-state index in [9.17, 15) is 18.4 Å². The van der Waals surface area contributed by atoms with Crippen LogP contribution in [0.25, 0.3) is 0 Å². The zero-order valence-corrected chi connectivity index (χ0v) is 12.7. The average Bonchev–Trinajstić information content (AvgIpc) is 2.50. The first kappa shape index (κ1) is 16.9. The number of amides is 1. The van der Waals surface area contributed by atoms with E-state index in [1.165, 1.54) is 37.3 Å². The van der Waals surface area contributed by atoms with Crippen LogP contribution in [0.4, 0.5) is 14.5 Å². The minimum Gasteiger partial charge on any atom is -0.449 e. The van der Waals surface area contributed by atoms with Crippen molar-refractivity contribution in [2.24, 2.45) is 0 Å². The fourth-order valence-electron chi connectivity index (χ4n) is 1.73. The molecule has 1 amide bonds. The highest BCUT2D eigenvalue weighted by atomic mass is 35.5. The molecule has 0 fully saturated rings. The molecule has 0 aliphatic carbocycles. The summed E-state index contributed by atoms with van der Waals surface area (Å²) in [6.45, 7) is 1.29. The third-order valence-electron chi connectivity index (χ3n) is 2.94. The summed E-state index contributed by atoms with van der Waals surface area (Å²) in [7, 11) is 0. The standard InChI is InChI=1S/C16H12ClF2NO3/c1-9(23-16(22)11-4-2-3-5-12(11)18)15(21)20-14-7-6-10(17)8-13(14)19/h2-9H,1H3,(H,20,21)/t9-/m1/s1. The van der Waals surface area contributed by atoms with Gasteiger partial charge in [-0.2, -0.15) is 0 Å². The Morgan fingerprint density at radius 2 is 1.83 bits per heavy atom. The molecule has 0 aliphatic rings. The van der Waals surface area contributed by atoms with E-state index < -0.39 is 29.6 Å². The maximum absolute atomic E-state index is 13.6. The summed E-state index contributed by atoms with van der Waals surface area (Å²) in [6.07, 6.45) is -1.24. The minimum absolute atomic E-state index is 0.104. The first-order valence-corrected chi connectivity index (χ1v) is 6.97. The molecule has 0 aliphatic heterocycles. The predicted octanol–water partition coefficient (Wildman–Crippen LogP) is 3.80. The summed E-state index contributed by atoms with van der Waals surface area (Å²) in [4.78, 5) is 23.7. The van der Waals surface area contributed by atoms with Crippen molar-refractivity contribution in [3.05, 3.63) is 64.7 Å². The Balaban J connectivity index is 2.03. The topological polar surface area (TPSA) is 55.4 Å². The second-order valence-corrected chi connectivity index (χ2v) is 5.08. The van der Waals surface area contributed by atoms with Gasteiger partial charge < -0.3 is 10.1 Å². The zero-order chi connectivity index (χ0) is 17.0. The number of hydrogen-bond donors (Lipinski definition) is 1. The van der Waals surface area contributed by atoms with Gasteiger partial charge in [-0.1, -0.05) is 23.7 Å². The molecule has 1 atom stereocenters.